The zero-order valence-electron chi connectivity index (χ0n) is 13.8. The number of ether oxygens (including phenoxy) is 1. The maximum Gasteiger partial charge on any atom is 0.216 e. The summed E-state index contributed by atoms with van der Waals surface area (Å²) in [6.45, 7) is 9.97. The van der Waals surface area contributed by atoms with Gasteiger partial charge in [-0.15, -0.1) is 12.4 Å². The molecular formula is C15H28ClN5O. The van der Waals surface area contributed by atoms with Crippen molar-refractivity contribution in [3.63, 3.8) is 0 Å². The van der Waals surface area contributed by atoms with Crippen molar-refractivity contribution < 1.29 is 4.74 Å². The van der Waals surface area contributed by atoms with Gasteiger partial charge in [-0.25, -0.2) is 4.68 Å². The summed E-state index contributed by atoms with van der Waals surface area (Å²) in [5.41, 5.74) is 2.31. The van der Waals surface area contributed by atoms with Gasteiger partial charge in [-0.1, -0.05) is 0 Å². The van der Waals surface area contributed by atoms with E-state index in [0.717, 1.165) is 43.8 Å². The third-order valence-electron chi connectivity index (χ3n) is 4.82. The Hall–Kier alpha value is -0.820. The molecule has 3 heterocycles. The second-order valence-corrected chi connectivity index (χ2v) is 6.16. The van der Waals surface area contributed by atoms with E-state index in [1.54, 1.807) is 7.11 Å². The van der Waals surface area contributed by atoms with Crippen molar-refractivity contribution in [2.45, 2.75) is 25.9 Å². The van der Waals surface area contributed by atoms with Crippen LogP contribution in [0.3, 0.4) is 0 Å². The average molecular weight is 330 g/mol. The fraction of sp³-hybridized carbons (Fsp3) is 0.800. The first-order valence-electron chi connectivity index (χ1n) is 7.92. The van der Waals surface area contributed by atoms with E-state index in [4.69, 9.17) is 4.74 Å². The van der Waals surface area contributed by atoms with Crippen molar-refractivity contribution in [3.8, 4) is 5.88 Å². The molecule has 0 spiro atoms. The van der Waals surface area contributed by atoms with Gasteiger partial charge in [0.2, 0.25) is 5.88 Å². The topological polar surface area (TPSA) is 45.6 Å². The molecule has 2 aliphatic rings. The molecule has 3 rings (SSSR count). The Kier molecular flexibility index (Phi) is 6.09. The monoisotopic (exact) mass is 329 g/mol. The summed E-state index contributed by atoms with van der Waals surface area (Å²) in [7, 11) is 3.67. The molecule has 0 saturated carbocycles. The molecule has 0 amide bonds. The quantitative estimate of drug-likeness (QED) is 0.878. The average Bonchev–Trinajstić information content (AvgIpc) is 3.09. The second kappa shape index (κ2) is 7.64. The van der Waals surface area contributed by atoms with E-state index < -0.39 is 0 Å². The number of methoxy groups -OCH3 is 1. The van der Waals surface area contributed by atoms with E-state index in [-0.39, 0.29) is 12.4 Å². The molecule has 0 aromatic carbocycles. The van der Waals surface area contributed by atoms with Crippen molar-refractivity contribution in [2.24, 2.45) is 7.05 Å². The summed E-state index contributed by atoms with van der Waals surface area (Å²) >= 11 is 0. The second-order valence-electron chi connectivity index (χ2n) is 6.16. The van der Waals surface area contributed by atoms with Crippen LogP contribution in [0.5, 0.6) is 5.88 Å². The molecule has 22 heavy (non-hydrogen) atoms. The lowest BCUT2D eigenvalue weighted by Gasteiger charge is -2.37. The molecule has 0 radical (unpaired) electrons. The SMILES string of the molecule is COc1c(CN2CCN(C3CCNC3)CC2)c(C)nn1C.Cl. The molecule has 0 bridgehead atoms. The minimum Gasteiger partial charge on any atom is -0.481 e. The van der Waals surface area contributed by atoms with Crippen molar-refractivity contribution >= 4 is 12.4 Å². The van der Waals surface area contributed by atoms with Crippen LogP contribution in [0.2, 0.25) is 0 Å². The van der Waals surface area contributed by atoms with E-state index in [2.05, 4.69) is 27.1 Å². The van der Waals surface area contributed by atoms with Crippen LogP contribution in [0, 0.1) is 6.92 Å². The van der Waals surface area contributed by atoms with Crippen molar-refractivity contribution in [3.05, 3.63) is 11.3 Å². The standard InChI is InChI=1S/C15H27N5O.ClH/c1-12-14(15(21-3)18(2)17-12)11-19-6-8-20(9-7-19)13-4-5-16-10-13;/h13,16H,4-11H2,1-3H3;1H. The number of aromatic nitrogens is 2. The van der Waals surface area contributed by atoms with Crippen LogP contribution >= 0.6 is 12.4 Å². The van der Waals surface area contributed by atoms with Gasteiger partial charge < -0.3 is 10.1 Å². The van der Waals surface area contributed by atoms with Crippen molar-refractivity contribution in [2.75, 3.05) is 46.4 Å². The summed E-state index contributed by atoms with van der Waals surface area (Å²) in [4.78, 5) is 5.16. The van der Waals surface area contributed by atoms with Gasteiger partial charge in [-0.3, -0.25) is 9.80 Å². The predicted molar refractivity (Wildman–Crippen MR) is 89.9 cm³/mol. The van der Waals surface area contributed by atoms with Crippen molar-refractivity contribution in [1.82, 2.24) is 24.9 Å². The zero-order valence-corrected chi connectivity index (χ0v) is 14.7. The summed E-state index contributed by atoms with van der Waals surface area (Å²) in [5.74, 6) is 0.898. The Bertz CT molecular complexity index is 479. The molecule has 1 atom stereocenters. The molecule has 2 fully saturated rings. The smallest absolute Gasteiger partial charge is 0.216 e. The highest BCUT2D eigenvalue weighted by atomic mass is 35.5. The summed E-state index contributed by atoms with van der Waals surface area (Å²) in [6, 6.07) is 0.752. The van der Waals surface area contributed by atoms with Gasteiger partial charge in [0, 0.05) is 52.4 Å². The fourth-order valence-corrected chi connectivity index (χ4v) is 3.58. The van der Waals surface area contributed by atoms with Gasteiger partial charge in [0.1, 0.15) is 0 Å². The predicted octanol–water partition coefficient (Wildman–Crippen LogP) is 0.638. The molecule has 7 heteroatoms. The number of aryl methyl sites for hydroxylation is 2. The van der Waals surface area contributed by atoms with Crippen LogP contribution in [-0.2, 0) is 13.6 Å². The highest BCUT2D eigenvalue weighted by Crippen LogP contribution is 2.23. The molecule has 1 aromatic heterocycles. The number of hydrogen-bond acceptors (Lipinski definition) is 5. The molecule has 1 aromatic rings. The van der Waals surface area contributed by atoms with Crippen LogP contribution in [0.15, 0.2) is 0 Å². The normalized spacial score (nSPS) is 23.5. The van der Waals surface area contributed by atoms with E-state index in [1.807, 2.05) is 11.7 Å². The molecule has 126 valence electrons. The number of halogens is 1. The fourth-order valence-electron chi connectivity index (χ4n) is 3.58. The Balaban J connectivity index is 0.00000176. The maximum atomic E-state index is 5.50. The largest absolute Gasteiger partial charge is 0.481 e. The van der Waals surface area contributed by atoms with Crippen LogP contribution < -0.4 is 10.1 Å². The van der Waals surface area contributed by atoms with E-state index in [9.17, 15) is 0 Å². The molecule has 0 aliphatic carbocycles. The lowest BCUT2D eigenvalue weighted by molar-refractivity contribution is 0.0974. The summed E-state index contributed by atoms with van der Waals surface area (Å²) in [5, 5.41) is 7.93. The van der Waals surface area contributed by atoms with Gasteiger partial charge in [-0.2, -0.15) is 5.10 Å². The first-order chi connectivity index (χ1) is 10.2. The number of hydrogen-bond donors (Lipinski definition) is 1. The number of rotatable bonds is 4. The molecule has 6 nitrogen and oxygen atoms in total. The van der Waals surface area contributed by atoms with Crippen LogP contribution in [0.1, 0.15) is 17.7 Å². The minimum atomic E-state index is 0. The minimum absolute atomic E-state index is 0. The first kappa shape index (κ1) is 17.5. The maximum absolute atomic E-state index is 5.50. The van der Waals surface area contributed by atoms with Crippen LogP contribution in [0.25, 0.3) is 0 Å². The van der Waals surface area contributed by atoms with Gasteiger partial charge in [0.25, 0.3) is 0 Å². The summed E-state index contributed by atoms with van der Waals surface area (Å²) < 4.78 is 7.33. The first-order valence-corrected chi connectivity index (χ1v) is 7.92. The lowest BCUT2D eigenvalue weighted by atomic mass is 10.1. The van der Waals surface area contributed by atoms with Crippen LogP contribution in [-0.4, -0.2) is 72.0 Å². The lowest BCUT2D eigenvalue weighted by Crippen LogP contribution is -2.50. The number of nitrogens with one attached hydrogen (secondary N) is 1. The van der Waals surface area contributed by atoms with E-state index in [0.29, 0.717) is 0 Å². The summed E-state index contributed by atoms with van der Waals surface area (Å²) in [6.07, 6.45) is 1.30. The molecule has 2 saturated heterocycles. The number of piperazine rings is 1. The van der Waals surface area contributed by atoms with E-state index >= 15 is 0 Å². The molecule has 2 aliphatic heterocycles. The molecule has 1 unspecified atom stereocenters. The Labute approximate surface area is 139 Å². The van der Waals surface area contributed by atoms with Crippen molar-refractivity contribution in [1.29, 1.82) is 0 Å². The highest BCUT2D eigenvalue weighted by molar-refractivity contribution is 5.85. The highest BCUT2D eigenvalue weighted by Gasteiger charge is 2.27. The molecular weight excluding hydrogens is 302 g/mol. The zero-order chi connectivity index (χ0) is 14.8. The van der Waals surface area contributed by atoms with E-state index in [1.165, 1.54) is 31.6 Å². The Morgan fingerprint density at radius 3 is 2.59 bits per heavy atom. The van der Waals surface area contributed by atoms with Gasteiger partial charge in [0.05, 0.1) is 18.4 Å². The Morgan fingerprint density at radius 2 is 2.00 bits per heavy atom. The third kappa shape index (κ3) is 3.56. The number of nitrogens with zero attached hydrogens (tertiary/aromatic N) is 4. The third-order valence-corrected chi connectivity index (χ3v) is 4.82. The van der Waals surface area contributed by atoms with Crippen LogP contribution in [0.4, 0.5) is 0 Å². The Morgan fingerprint density at radius 1 is 1.27 bits per heavy atom. The van der Waals surface area contributed by atoms with Gasteiger partial charge in [0.15, 0.2) is 0 Å². The van der Waals surface area contributed by atoms with Gasteiger partial charge >= 0.3 is 0 Å². The molecule has 1 N–H and O–H groups in total. The van der Waals surface area contributed by atoms with Gasteiger partial charge in [-0.05, 0) is 19.9 Å².